The zero-order chi connectivity index (χ0) is 78.1. The average molecular weight is 1530 g/mol. The van der Waals surface area contributed by atoms with Gasteiger partial charge in [0.1, 0.15) is 19.8 Å². The molecule has 0 aliphatic heterocycles. The molecule has 0 amide bonds. The molecule has 4 aromatic carbocycles. The average Bonchev–Trinajstić information content (AvgIpc) is 0.815. The summed E-state index contributed by atoms with van der Waals surface area (Å²) in [5, 5.41) is 11.0. The zero-order valence-corrected chi connectivity index (χ0v) is 72.5. The van der Waals surface area contributed by atoms with Gasteiger partial charge in [-0.2, -0.15) is 0 Å². The summed E-state index contributed by atoms with van der Waals surface area (Å²) in [6, 6.07) is 22.5. The minimum atomic E-state index is -0.211. The molecule has 0 radical (unpaired) electrons. The second-order valence-corrected chi connectivity index (χ2v) is 32.5. The molecule has 0 atom stereocenters. The van der Waals surface area contributed by atoms with Gasteiger partial charge < -0.3 is 47.7 Å². The summed E-state index contributed by atoms with van der Waals surface area (Å²) < 4.78 is 60.6. The molecule has 0 fully saturated rings. The van der Waals surface area contributed by atoms with Crippen LogP contribution < -0.4 is 42.6 Å². The van der Waals surface area contributed by atoms with Crippen molar-refractivity contribution in [1.29, 1.82) is 0 Å². The quantitative estimate of drug-likeness (QED) is 0.0430. The predicted octanol–water partition coefficient (Wildman–Crippen LogP) is 31.7. The third kappa shape index (κ3) is 51.0. The molecule has 0 aliphatic carbocycles. The fourth-order valence-corrected chi connectivity index (χ4v) is 14.8. The summed E-state index contributed by atoms with van der Waals surface area (Å²) in [6.07, 6.45) is 76.5. The minimum absolute atomic E-state index is 0.211. The number of ether oxygens (including phenoxy) is 9. The maximum Gasteiger partial charge on any atom is 0.203 e. The molecule has 10 nitrogen and oxygen atoms in total. The van der Waals surface area contributed by atoms with Crippen LogP contribution in [-0.4, -0.2) is 44.7 Å². The van der Waals surface area contributed by atoms with E-state index in [1.807, 2.05) is 12.1 Å². The van der Waals surface area contributed by atoms with Gasteiger partial charge in [0.05, 0.1) is 46.2 Å². The van der Waals surface area contributed by atoms with Gasteiger partial charge in [-0.1, -0.05) is 406 Å². The van der Waals surface area contributed by atoms with Gasteiger partial charge in [0.25, 0.3) is 0 Å². The summed E-state index contributed by atoms with van der Waals surface area (Å²) in [5.74, 6) is 6.01. The zero-order valence-electron chi connectivity index (χ0n) is 72.5. The fraction of sp³-hybridized carbons (Fsp3) is 0.760. The number of hydrogen-bond acceptors (Lipinski definition) is 10. The van der Waals surface area contributed by atoms with Crippen LogP contribution in [0.2, 0.25) is 0 Å². The number of benzene rings is 4. The van der Waals surface area contributed by atoms with Crippen LogP contribution >= 0.6 is 0 Å². The Labute approximate surface area is 677 Å². The van der Waals surface area contributed by atoms with E-state index in [1.165, 1.54) is 327 Å². The van der Waals surface area contributed by atoms with Crippen molar-refractivity contribution in [3.05, 3.63) is 89.0 Å². The van der Waals surface area contributed by atoms with Crippen molar-refractivity contribution < 1.29 is 47.7 Å². The van der Waals surface area contributed by atoms with E-state index in [9.17, 15) is 5.11 Å². The van der Waals surface area contributed by atoms with Crippen molar-refractivity contribution in [2.24, 2.45) is 0 Å². The normalized spacial score (nSPS) is 11.4. The number of unbranched alkanes of at least 4 members (excludes halogenated alkanes) is 54. The lowest BCUT2D eigenvalue weighted by molar-refractivity contribution is 0.225. The number of rotatable bonds is 82. The van der Waals surface area contributed by atoms with Crippen molar-refractivity contribution in [3.8, 4) is 51.7 Å². The standard InChI is InChI=1S/C100H170O10/c1-7-13-19-25-31-37-43-49-55-61-73-102-92-70-67-88(79-95(92)105-76-64-58-52-46-40-34-28-22-16-10-4)85-108-98-82-91(84-101)83-99(109-86-89-68-71-93(103-74-62-56-50-44-38-32-26-20-14-8-2)96(80-89)106-77-65-59-53-47-41-35-29-23-17-11-5)100(98)110-87-90-69-72-94(104-75-63-57-51-45-39-33-27-21-15-9-3)97(81-90)107-78-66-60-54-48-42-36-30-24-18-12-6/h67-72,79-83,101H,7-66,73-78,84-87H2,1-6H3. The summed E-state index contributed by atoms with van der Waals surface area (Å²) in [5.41, 5.74) is 3.47. The molecule has 0 bridgehead atoms. The Morgan fingerprint density at radius 2 is 0.345 bits per heavy atom. The highest BCUT2D eigenvalue weighted by Gasteiger charge is 2.20. The van der Waals surface area contributed by atoms with Crippen LogP contribution in [0, 0.1) is 0 Å². The largest absolute Gasteiger partial charge is 0.490 e. The molecule has 4 aromatic rings. The van der Waals surface area contributed by atoms with Gasteiger partial charge in [0, 0.05) is 0 Å². The smallest absolute Gasteiger partial charge is 0.203 e. The van der Waals surface area contributed by atoms with E-state index in [4.69, 9.17) is 42.6 Å². The van der Waals surface area contributed by atoms with E-state index in [2.05, 4.69) is 96.1 Å². The summed E-state index contributed by atoms with van der Waals surface area (Å²) >= 11 is 0. The van der Waals surface area contributed by atoms with Gasteiger partial charge in [0.2, 0.25) is 5.75 Å². The molecule has 1 N–H and O–H groups in total. The van der Waals surface area contributed by atoms with E-state index in [-0.39, 0.29) is 26.4 Å². The second-order valence-electron chi connectivity index (χ2n) is 32.5. The van der Waals surface area contributed by atoms with Gasteiger partial charge in [-0.15, -0.1) is 0 Å². The maximum atomic E-state index is 11.0. The molecule has 0 unspecified atom stereocenters. The third-order valence-electron chi connectivity index (χ3n) is 22.0. The van der Waals surface area contributed by atoms with Gasteiger partial charge in [0.15, 0.2) is 46.0 Å². The van der Waals surface area contributed by atoms with Crippen LogP contribution in [0.1, 0.15) is 449 Å². The maximum absolute atomic E-state index is 11.0. The highest BCUT2D eigenvalue weighted by Crippen LogP contribution is 2.42. The number of hydrogen-bond donors (Lipinski definition) is 1. The van der Waals surface area contributed by atoms with Gasteiger partial charge in [-0.05, 0) is 109 Å². The van der Waals surface area contributed by atoms with Crippen molar-refractivity contribution in [2.45, 2.75) is 453 Å². The number of aliphatic hydroxyl groups excluding tert-OH is 1. The first kappa shape index (κ1) is 97.4. The highest BCUT2D eigenvalue weighted by molar-refractivity contribution is 5.55. The van der Waals surface area contributed by atoms with Crippen molar-refractivity contribution in [3.63, 3.8) is 0 Å². The van der Waals surface area contributed by atoms with Crippen molar-refractivity contribution in [1.82, 2.24) is 0 Å². The minimum Gasteiger partial charge on any atom is -0.490 e. The monoisotopic (exact) mass is 1530 g/mol. The molecule has 0 saturated carbocycles. The molecule has 0 saturated heterocycles. The molecule has 10 heteroatoms. The molecule has 0 aromatic heterocycles. The lowest BCUT2D eigenvalue weighted by Crippen LogP contribution is -2.07. The first-order valence-electron chi connectivity index (χ1n) is 47.3. The molecule has 0 spiro atoms. The second kappa shape index (κ2) is 71.8. The van der Waals surface area contributed by atoms with Crippen LogP contribution in [0.5, 0.6) is 51.7 Å². The molecule has 0 aliphatic rings. The Morgan fingerprint density at radius 3 is 0.545 bits per heavy atom. The van der Waals surface area contributed by atoms with Crippen molar-refractivity contribution in [2.75, 3.05) is 39.6 Å². The molecule has 4 rings (SSSR count). The van der Waals surface area contributed by atoms with E-state index in [0.717, 1.165) is 109 Å². The van der Waals surface area contributed by atoms with E-state index in [0.29, 0.717) is 62.5 Å². The lowest BCUT2D eigenvalue weighted by Gasteiger charge is -2.20. The Hall–Kier alpha value is -4.96. The van der Waals surface area contributed by atoms with Crippen LogP contribution in [0.15, 0.2) is 66.7 Å². The topological polar surface area (TPSA) is 103 Å². The first-order chi connectivity index (χ1) is 54.5. The third-order valence-corrected chi connectivity index (χ3v) is 22.0. The summed E-state index contributed by atoms with van der Waals surface area (Å²) in [6.45, 7) is 18.1. The van der Waals surface area contributed by atoms with E-state index in [1.54, 1.807) is 0 Å². The molecule has 110 heavy (non-hydrogen) atoms. The van der Waals surface area contributed by atoms with Crippen LogP contribution in [0.3, 0.4) is 0 Å². The molecule has 630 valence electrons. The molecular weight excluding hydrogens is 1360 g/mol. The Bertz CT molecular complexity index is 2570. The predicted molar refractivity (Wildman–Crippen MR) is 469 cm³/mol. The molecule has 0 heterocycles. The summed E-state index contributed by atoms with van der Waals surface area (Å²) in [7, 11) is 0. The van der Waals surface area contributed by atoms with E-state index < -0.39 is 0 Å². The Kier molecular flexibility index (Phi) is 63.6. The fourth-order valence-electron chi connectivity index (χ4n) is 14.8. The Balaban J connectivity index is 1.63. The van der Waals surface area contributed by atoms with Crippen LogP contribution in [0.4, 0.5) is 0 Å². The summed E-state index contributed by atoms with van der Waals surface area (Å²) in [4.78, 5) is 0. The van der Waals surface area contributed by atoms with Gasteiger partial charge >= 0.3 is 0 Å². The van der Waals surface area contributed by atoms with E-state index >= 15 is 0 Å². The van der Waals surface area contributed by atoms with Crippen LogP contribution in [-0.2, 0) is 26.4 Å². The van der Waals surface area contributed by atoms with Gasteiger partial charge in [-0.3, -0.25) is 0 Å². The lowest BCUT2D eigenvalue weighted by atomic mass is 10.1. The highest BCUT2D eigenvalue weighted by atomic mass is 16.5. The SMILES string of the molecule is CCCCCCCCCCCCOc1ccc(COc2cc(CO)cc(OCc3ccc(OCCCCCCCCCCCC)c(OCCCCCCCCCCCC)c3)c2OCc2ccc(OCCCCCCCCCCCC)c(OCCCCCCCCCCCC)c2)cc1OCCCCCCCCCCCC. The first-order valence-corrected chi connectivity index (χ1v) is 47.3. The van der Waals surface area contributed by atoms with Crippen LogP contribution in [0.25, 0.3) is 0 Å². The Morgan fingerprint density at radius 1 is 0.173 bits per heavy atom. The molecular formula is C100H170O10. The van der Waals surface area contributed by atoms with Gasteiger partial charge in [-0.25, -0.2) is 0 Å². The van der Waals surface area contributed by atoms with Crippen molar-refractivity contribution >= 4 is 0 Å². The number of aliphatic hydroxyl groups is 1.